The number of hydrogen-bond donors (Lipinski definition) is 1. The Bertz CT molecular complexity index is 810. The number of rotatable bonds is 3. The molecule has 0 aliphatic rings. The number of amides is 1. The second-order valence-electron chi connectivity index (χ2n) is 4.61. The standard InChI is InChI=1S/C15H14N4O2/c1-19-6-5-13(18-19)15(20)17-11-7-10-3-4-12(21-2)8-14(10)16-9-11/h3-9H,1-2H3,(H,17,20). The van der Waals surface area contributed by atoms with Gasteiger partial charge in [0, 0.05) is 24.7 Å². The van der Waals surface area contributed by atoms with Gasteiger partial charge in [0.25, 0.3) is 5.91 Å². The lowest BCUT2D eigenvalue weighted by molar-refractivity contribution is 0.102. The fourth-order valence-electron chi connectivity index (χ4n) is 2.03. The number of ether oxygens (including phenoxy) is 1. The largest absolute Gasteiger partial charge is 0.497 e. The van der Waals surface area contributed by atoms with Crippen LogP contribution in [0.1, 0.15) is 10.5 Å². The van der Waals surface area contributed by atoms with Gasteiger partial charge in [-0.15, -0.1) is 0 Å². The van der Waals surface area contributed by atoms with E-state index in [0.29, 0.717) is 11.4 Å². The molecule has 2 heterocycles. The van der Waals surface area contributed by atoms with Crippen LogP contribution < -0.4 is 10.1 Å². The number of aromatic nitrogens is 3. The van der Waals surface area contributed by atoms with Gasteiger partial charge < -0.3 is 10.1 Å². The molecule has 0 bridgehead atoms. The average molecular weight is 282 g/mol. The maximum Gasteiger partial charge on any atom is 0.276 e. The number of methoxy groups -OCH3 is 1. The van der Waals surface area contributed by atoms with Crippen LogP contribution in [0.15, 0.2) is 42.7 Å². The summed E-state index contributed by atoms with van der Waals surface area (Å²) in [7, 11) is 3.38. The highest BCUT2D eigenvalue weighted by Gasteiger charge is 2.09. The minimum atomic E-state index is -0.259. The summed E-state index contributed by atoms with van der Waals surface area (Å²) in [6.07, 6.45) is 3.34. The summed E-state index contributed by atoms with van der Waals surface area (Å²) in [6, 6.07) is 9.13. The van der Waals surface area contributed by atoms with E-state index in [2.05, 4.69) is 15.4 Å². The number of fused-ring (bicyclic) bond motifs is 1. The Kier molecular flexibility index (Phi) is 3.27. The van der Waals surface area contributed by atoms with Gasteiger partial charge in [0.05, 0.1) is 24.5 Å². The zero-order chi connectivity index (χ0) is 14.8. The second-order valence-corrected chi connectivity index (χ2v) is 4.61. The second kappa shape index (κ2) is 5.24. The monoisotopic (exact) mass is 282 g/mol. The Morgan fingerprint density at radius 1 is 1.29 bits per heavy atom. The van der Waals surface area contributed by atoms with Crippen molar-refractivity contribution in [1.29, 1.82) is 0 Å². The van der Waals surface area contributed by atoms with Crippen molar-refractivity contribution >= 4 is 22.5 Å². The van der Waals surface area contributed by atoms with Crippen LogP contribution in [0.3, 0.4) is 0 Å². The number of carbonyl (C=O) groups is 1. The first-order chi connectivity index (χ1) is 10.2. The van der Waals surface area contributed by atoms with E-state index >= 15 is 0 Å². The molecule has 1 N–H and O–H groups in total. The SMILES string of the molecule is COc1ccc2cc(NC(=O)c3ccn(C)n3)cnc2c1. The van der Waals surface area contributed by atoms with Crippen LogP contribution in [0.4, 0.5) is 5.69 Å². The van der Waals surface area contributed by atoms with E-state index < -0.39 is 0 Å². The number of benzene rings is 1. The van der Waals surface area contributed by atoms with Crippen LogP contribution in [0.2, 0.25) is 0 Å². The summed E-state index contributed by atoms with van der Waals surface area (Å²) in [5.41, 5.74) is 1.81. The summed E-state index contributed by atoms with van der Waals surface area (Å²) in [6.45, 7) is 0. The summed E-state index contributed by atoms with van der Waals surface area (Å²) < 4.78 is 6.74. The minimum Gasteiger partial charge on any atom is -0.497 e. The van der Waals surface area contributed by atoms with Crippen molar-refractivity contribution in [3.05, 3.63) is 48.4 Å². The van der Waals surface area contributed by atoms with Gasteiger partial charge in [0.2, 0.25) is 0 Å². The molecule has 0 saturated carbocycles. The Morgan fingerprint density at radius 2 is 2.14 bits per heavy atom. The summed E-state index contributed by atoms with van der Waals surface area (Å²) in [5.74, 6) is 0.491. The molecule has 0 fully saturated rings. The first kappa shape index (κ1) is 13.1. The molecule has 3 aromatic rings. The molecule has 0 aliphatic heterocycles. The highest BCUT2D eigenvalue weighted by molar-refractivity contribution is 6.03. The summed E-state index contributed by atoms with van der Waals surface area (Å²) in [4.78, 5) is 16.4. The van der Waals surface area contributed by atoms with Gasteiger partial charge in [-0.1, -0.05) is 0 Å². The van der Waals surface area contributed by atoms with Gasteiger partial charge in [-0.3, -0.25) is 14.5 Å². The molecule has 6 nitrogen and oxygen atoms in total. The predicted octanol–water partition coefficient (Wildman–Crippen LogP) is 2.23. The molecular formula is C15H14N4O2. The van der Waals surface area contributed by atoms with Crippen molar-refractivity contribution in [3.63, 3.8) is 0 Å². The normalized spacial score (nSPS) is 10.6. The molecule has 0 atom stereocenters. The number of pyridine rings is 1. The Labute approximate surface area is 121 Å². The minimum absolute atomic E-state index is 0.259. The first-order valence-electron chi connectivity index (χ1n) is 6.40. The molecule has 0 unspecified atom stereocenters. The zero-order valence-electron chi connectivity index (χ0n) is 11.7. The lowest BCUT2D eigenvalue weighted by Crippen LogP contribution is -2.13. The number of nitrogens with one attached hydrogen (secondary N) is 1. The van der Waals surface area contributed by atoms with E-state index in [4.69, 9.17) is 4.74 Å². The third-order valence-corrected chi connectivity index (χ3v) is 3.10. The van der Waals surface area contributed by atoms with Crippen molar-refractivity contribution in [3.8, 4) is 5.75 Å². The molecule has 6 heteroatoms. The maximum absolute atomic E-state index is 12.0. The molecule has 106 valence electrons. The lowest BCUT2D eigenvalue weighted by atomic mass is 10.2. The number of nitrogens with zero attached hydrogens (tertiary/aromatic N) is 3. The van der Waals surface area contributed by atoms with E-state index in [0.717, 1.165) is 16.7 Å². The smallest absolute Gasteiger partial charge is 0.276 e. The maximum atomic E-state index is 12.0. The van der Waals surface area contributed by atoms with Crippen molar-refractivity contribution in [2.45, 2.75) is 0 Å². The molecule has 1 amide bonds. The molecule has 21 heavy (non-hydrogen) atoms. The predicted molar refractivity (Wildman–Crippen MR) is 79.5 cm³/mol. The van der Waals surface area contributed by atoms with Crippen molar-refractivity contribution in [2.24, 2.45) is 7.05 Å². The molecule has 0 radical (unpaired) electrons. The molecule has 0 spiro atoms. The van der Waals surface area contributed by atoms with Crippen LogP contribution in [-0.4, -0.2) is 27.8 Å². The molecule has 3 rings (SSSR count). The van der Waals surface area contributed by atoms with Crippen LogP contribution in [0.5, 0.6) is 5.75 Å². The lowest BCUT2D eigenvalue weighted by Gasteiger charge is -2.06. The number of anilines is 1. The van der Waals surface area contributed by atoms with Gasteiger partial charge in [-0.05, 0) is 24.3 Å². The van der Waals surface area contributed by atoms with E-state index in [1.54, 1.807) is 37.3 Å². The summed E-state index contributed by atoms with van der Waals surface area (Å²) in [5, 5.41) is 7.77. The van der Waals surface area contributed by atoms with E-state index in [1.165, 1.54) is 0 Å². The Hall–Kier alpha value is -2.89. The third-order valence-electron chi connectivity index (χ3n) is 3.10. The van der Waals surface area contributed by atoms with Crippen LogP contribution in [0.25, 0.3) is 10.9 Å². The molecule has 2 aromatic heterocycles. The van der Waals surface area contributed by atoms with Gasteiger partial charge in [0.1, 0.15) is 5.75 Å². The molecule has 0 aliphatic carbocycles. The number of hydrogen-bond acceptors (Lipinski definition) is 4. The average Bonchev–Trinajstić information content (AvgIpc) is 2.93. The highest BCUT2D eigenvalue weighted by atomic mass is 16.5. The van der Waals surface area contributed by atoms with Gasteiger partial charge >= 0.3 is 0 Å². The molecule has 0 saturated heterocycles. The van der Waals surface area contributed by atoms with Gasteiger partial charge in [-0.2, -0.15) is 5.10 Å². The van der Waals surface area contributed by atoms with Crippen molar-refractivity contribution < 1.29 is 9.53 Å². The summed E-state index contributed by atoms with van der Waals surface area (Å²) >= 11 is 0. The number of aryl methyl sites for hydroxylation is 1. The number of carbonyl (C=O) groups excluding carboxylic acids is 1. The van der Waals surface area contributed by atoms with Crippen molar-refractivity contribution in [2.75, 3.05) is 12.4 Å². The van der Waals surface area contributed by atoms with Crippen LogP contribution >= 0.6 is 0 Å². The highest BCUT2D eigenvalue weighted by Crippen LogP contribution is 2.21. The fourth-order valence-corrected chi connectivity index (χ4v) is 2.03. The third kappa shape index (κ3) is 2.69. The first-order valence-corrected chi connectivity index (χ1v) is 6.40. The fraction of sp³-hybridized carbons (Fsp3) is 0.133. The van der Waals surface area contributed by atoms with E-state index in [1.807, 2.05) is 24.3 Å². The molecular weight excluding hydrogens is 268 g/mol. The Balaban J connectivity index is 1.86. The topological polar surface area (TPSA) is 69.0 Å². The molecule has 1 aromatic carbocycles. The van der Waals surface area contributed by atoms with Crippen molar-refractivity contribution in [1.82, 2.24) is 14.8 Å². The van der Waals surface area contributed by atoms with E-state index in [9.17, 15) is 4.79 Å². The van der Waals surface area contributed by atoms with Gasteiger partial charge in [0.15, 0.2) is 5.69 Å². The zero-order valence-corrected chi connectivity index (χ0v) is 11.7. The van der Waals surface area contributed by atoms with Crippen LogP contribution in [0, 0.1) is 0 Å². The quantitative estimate of drug-likeness (QED) is 0.799. The Morgan fingerprint density at radius 3 is 2.86 bits per heavy atom. The van der Waals surface area contributed by atoms with E-state index in [-0.39, 0.29) is 5.91 Å². The van der Waals surface area contributed by atoms with Gasteiger partial charge in [-0.25, -0.2) is 0 Å². The van der Waals surface area contributed by atoms with Crippen LogP contribution in [-0.2, 0) is 7.05 Å².